The number of hydrogen-bond donors (Lipinski definition) is 1. The molecule has 158 valence electrons. The van der Waals surface area contributed by atoms with Crippen LogP contribution in [0.4, 0.5) is 0 Å². The Morgan fingerprint density at radius 1 is 0.742 bits per heavy atom. The standard InChI is InChI=1S/C28H30N2O/c31-28(26-20-29-19-25(26)22-12-6-2-7-13-22)30-17-16-24(21-10-4-1-5-11-21)18-27(30)23-14-8-3-9-15-23/h1-15,24-27,29H,16-20H2/t24?,25-,26+,27?/m0/s1. The Labute approximate surface area is 185 Å². The summed E-state index contributed by atoms with van der Waals surface area (Å²) in [6.45, 7) is 2.45. The molecule has 31 heavy (non-hydrogen) atoms. The second-order valence-electron chi connectivity index (χ2n) is 8.87. The van der Waals surface area contributed by atoms with E-state index >= 15 is 0 Å². The van der Waals surface area contributed by atoms with Gasteiger partial charge in [-0.2, -0.15) is 0 Å². The van der Waals surface area contributed by atoms with Gasteiger partial charge in [-0.25, -0.2) is 0 Å². The summed E-state index contributed by atoms with van der Waals surface area (Å²) < 4.78 is 0. The van der Waals surface area contributed by atoms with Gasteiger partial charge in [-0.3, -0.25) is 4.79 Å². The van der Waals surface area contributed by atoms with E-state index in [1.54, 1.807) is 0 Å². The third-order valence-electron chi connectivity index (χ3n) is 7.10. The van der Waals surface area contributed by atoms with Gasteiger partial charge >= 0.3 is 0 Å². The van der Waals surface area contributed by atoms with E-state index in [4.69, 9.17) is 0 Å². The summed E-state index contributed by atoms with van der Waals surface area (Å²) in [6.07, 6.45) is 2.01. The van der Waals surface area contributed by atoms with Crippen molar-refractivity contribution < 1.29 is 4.79 Å². The van der Waals surface area contributed by atoms with Crippen LogP contribution in [0.2, 0.25) is 0 Å². The van der Waals surface area contributed by atoms with Gasteiger partial charge in [0.05, 0.1) is 12.0 Å². The SMILES string of the molecule is O=C([C@@H]1CNC[C@H]1c1ccccc1)N1CCC(c2ccccc2)CC1c1ccccc1. The Kier molecular flexibility index (Phi) is 5.86. The first-order valence-electron chi connectivity index (χ1n) is 11.5. The van der Waals surface area contributed by atoms with E-state index in [-0.39, 0.29) is 17.9 Å². The maximum Gasteiger partial charge on any atom is 0.228 e. The van der Waals surface area contributed by atoms with E-state index in [1.165, 1.54) is 16.7 Å². The molecule has 0 spiro atoms. The Hall–Kier alpha value is -2.91. The fourth-order valence-corrected chi connectivity index (χ4v) is 5.45. The minimum atomic E-state index is 0.00175. The summed E-state index contributed by atoms with van der Waals surface area (Å²) in [4.78, 5) is 16.1. The van der Waals surface area contributed by atoms with Crippen LogP contribution in [-0.2, 0) is 4.79 Å². The number of carbonyl (C=O) groups excluding carboxylic acids is 1. The van der Waals surface area contributed by atoms with Crippen LogP contribution < -0.4 is 5.32 Å². The summed E-state index contributed by atoms with van der Waals surface area (Å²) in [7, 11) is 0. The molecular formula is C28H30N2O. The molecule has 4 atom stereocenters. The topological polar surface area (TPSA) is 32.3 Å². The van der Waals surface area contributed by atoms with Crippen LogP contribution in [-0.4, -0.2) is 30.4 Å². The van der Waals surface area contributed by atoms with Crippen molar-refractivity contribution in [1.82, 2.24) is 10.2 Å². The summed E-state index contributed by atoms with van der Waals surface area (Å²) in [5.74, 6) is 1.04. The van der Waals surface area contributed by atoms with E-state index in [0.717, 1.165) is 32.5 Å². The van der Waals surface area contributed by atoms with Crippen molar-refractivity contribution in [2.24, 2.45) is 5.92 Å². The Balaban J connectivity index is 1.42. The summed E-state index contributed by atoms with van der Waals surface area (Å²) in [5, 5.41) is 3.48. The van der Waals surface area contributed by atoms with Gasteiger partial charge in [-0.15, -0.1) is 0 Å². The van der Waals surface area contributed by atoms with Crippen LogP contribution in [0.25, 0.3) is 0 Å². The van der Waals surface area contributed by atoms with Crippen LogP contribution in [0.15, 0.2) is 91.0 Å². The molecule has 0 bridgehead atoms. The molecule has 2 unspecified atom stereocenters. The van der Waals surface area contributed by atoms with Gasteiger partial charge in [0.1, 0.15) is 0 Å². The lowest BCUT2D eigenvalue weighted by Crippen LogP contribution is -2.45. The normalized spacial score (nSPS) is 26.0. The van der Waals surface area contributed by atoms with E-state index in [1.807, 2.05) is 6.07 Å². The smallest absolute Gasteiger partial charge is 0.228 e. The van der Waals surface area contributed by atoms with Crippen LogP contribution in [0.3, 0.4) is 0 Å². The molecule has 2 fully saturated rings. The lowest BCUT2D eigenvalue weighted by molar-refractivity contribution is -0.139. The molecule has 0 aromatic heterocycles. The Morgan fingerprint density at radius 2 is 1.32 bits per heavy atom. The summed E-state index contributed by atoms with van der Waals surface area (Å²) in [6, 6.07) is 32.0. The van der Waals surface area contributed by atoms with Crippen LogP contribution in [0.1, 0.15) is 47.4 Å². The van der Waals surface area contributed by atoms with E-state index in [0.29, 0.717) is 11.8 Å². The van der Waals surface area contributed by atoms with Gasteiger partial charge in [-0.05, 0) is 35.4 Å². The first kappa shape index (κ1) is 20.0. The van der Waals surface area contributed by atoms with Gasteiger partial charge in [0, 0.05) is 25.6 Å². The van der Waals surface area contributed by atoms with E-state index in [9.17, 15) is 4.79 Å². The number of rotatable bonds is 4. The zero-order valence-electron chi connectivity index (χ0n) is 17.9. The zero-order valence-corrected chi connectivity index (χ0v) is 17.9. The lowest BCUT2D eigenvalue weighted by atomic mass is 9.81. The maximum absolute atomic E-state index is 13.9. The second-order valence-corrected chi connectivity index (χ2v) is 8.87. The number of nitrogens with one attached hydrogen (secondary N) is 1. The van der Waals surface area contributed by atoms with Gasteiger partial charge < -0.3 is 10.2 Å². The predicted octanol–water partition coefficient (Wildman–Crippen LogP) is 5.14. The van der Waals surface area contributed by atoms with E-state index in [2.05, 4.69) is 95.1 Å². The average Bonchev–Trinajstić information content (AvgIpc) is 3.35. The highest BCUT2D eigenvalue weighted by Gasteiger charge is 2.41. The number of piperidine rings is 1. The molecule has 1 N–H and O–H groups in total. The van der Waals surface area contributed by atoms with Crippen molar-refractivity contribution in [1.29, 1.82) is 0 Å². The highest BCUT2D eigenvalue weighted by molar-refractivity contribution is 5.81. The quantitative estimate of drug-likeness (QED) is 0.646. The molecular weight excluding hydrogens is 380 g/mol. The molecule has 3 heteroatoms. The van der Waals surface area contributed by atoms with Crippen LogP contribution >= 0.6 is 0 Å². The Morgan fingerprint density at radius 3 is 1.97 bits per heavy atom. The number of carbonyl (C=O) groups is 1. The summed E-state index contributed by atoms with van der Waals surface area (Å²) in [5.41, 5.74) is 3.90. The first-order valence-corrected chi connectivity index (χ1v) is 11.5. The molecule has 3 aromatic rings. The molecule has 5 rings (SSSR count). The lowest BCUT2D eigenvalue weighted by Gasteiger charge is -2.42. The number of likely N-dealkylation sites (tertiary alicyclic amines) is 1. The number of hydrogen-bond acceptors (Lipinski definition) is 2. The van der Waals surface area contributed by atoms with Crippen molar-refractivity contribution in [3.8, 4) is 0 Å². The van der Waals surface area contributed by atoms with Gasteiger partial charge in [0.25, 0.3) is 0 Å². The Bertz CT molecular complexity index is 989. The molecule has 2 heterocycles. The summed E-state index contributed by atoms with van der Waals surface area (Å²) >= 11 is 0. The molecule has 2 saturated heterocycles. The van der Waals surface area contributed by atoms with Crippen molar-refractivity contribution >= 4 is 5.91 Å². The van der Waals surface area contributed by atoms with Crippen molar-refractivity contribution in [3.05, 3.63) is 108 Å². The van der Waals surface area contributed by atoms with Gasteiger partial charge in [-0.1, -0.05) is 91.0 Å². The molecule has 1 amide bonds. The fourth-order valence-electron chi connectivity index (χ4n) is 5.45. The number of nitrogens with zero attached hydrogens (tertiary/aromatic N) is 1. The monoisotopic (exact) mass is 410 g/mol. The van der Waals surface area contributed by atoms with Crippen LogP contribution in [0, 0.1) is 5.92 Å². The minimum Gasteiger partial charge on any atom is -0.335 e. The van der Waals surface area contributed by atoms with Crippen molar-refractivity contribution in [3.63, 3.8) is 0 Å². The van der Waals surface area contributed by atoms with Crippen LogP contribution in [0.5, 0.6) is 0 Å². The highest BCUT2D eigenvalue weighted by Crippen LogP contribution is 2.41. The van der Waals surface area contributed by atoms with Gasteiger partial charge in [0.15, 0.2) is 0 Å². The minimum absolute atomic E-state index is 0.00175. The second kappa shape index (κ2) is 9.07. The third-order valence-corrected chi connectivity index (χ3v) is 7.10. The third kappa shape index (κ3) is 4.15. The molecule has 0 radical (unpaired) electrons. The molecule has 2 aliphatic heterocycles. The number of benzene rings is 3. The zero-order chi connectivity index (χ0) is 21.0. The molecule has 3 nitrogen and oxygen atoms in total. The van der Waals surface area contributed by atoms with Crippen molar-refractivity contribution in [2.75, 3.05) is 19.6 Å². The average molecular weight is 411 g/mol. The van der Waals surface area contributed by atoms with Gasteiger partial charge in [0.2, 0.25) is 5.91 Å². The molecule has 0 saturated carbocycles. The largest absolute Gasteiger partial charge is 0.335 e. The van der Waals surface area contributed by atoms with Crippen molar-refractivity contribution in [2.45, 2.75) is 30.7 Å². The number of amides is 1. The highest BCUT2D eigenvalue weighted by atomic mass is 16.2. The van der Waals surface area contributed by atoms with E-state index < -0.39 is 0 Å². The first-order chi connectivity index (χ1) is 15.3. The molecule has 0 aliphatic carbocycles. The molecule has 3 aromatic carbocycles. The maximum atomic E-state index is 13.9. The molecule has 2 aliphatic rings. The predicted molar refractivity (Wildman–Crippen MR) is 125 cm³/mol. The fraction of sp³-hybridized carbons (Fsp3) is 0.321.